The van der Waals surface area contributed by atoms with E-state index in [1.54, 1.807) is 6.92 Å². The summed E-state index contributed by atoms with van der Waals surface area (Å²) in [4.78, 5) is 38.2. The van der Waals surface area contributed by atoms with Gasteiger partial charge in [0.1, 0.15) is 12.1 Å². The van der Waals surface area contributed by atoms with E-state index in [2.05, 4.69) is 5.32 Å². The number of carboxylic acid groups (broad SMARTS) is 2. The Bertz CT molecular complexity index is 762. The number of nitrogens with one attached hydrogen (secondary N) is 1. The highest BCUT2D eigenvalue weighted by atomic mass is 16.4. The highest BCUT2D eigenvalue weighted by Gasteiger charge is 2.43. The van der Waals surface area contributed by atoms with E-state index in [4.69, 9.17) is 0 Å². The van der Waals surface area contributed by atoms with Gasteiger partial charge >= 0.3 is 11.9 Å². The molecule has 170 valence electrons. The van der Waals surface area contributed by atoms with Crippen LogP contribution < -0.4 is 5.32 Å². The zero-order valence-corrected chi connectivity index (χ0v) is 18.2. The van der Waals surface area contributed by atoms with Crippen LogP contribution in [0.25, 0.3) is 0 Å². The van der Waals surface area contributed by atoms with Crippen molar-refractivity contribution in [2.45, 2.75) is 76.4 Å². The lowest BCUT2D eigenvalue weighted by atomic mass is 9.79. The van der Waals surface area contributed by atoms with Crippen molar-refractivity contribution in [3.05, 3.63) is 35.9 Å². The fourth-order valence-corrected chi connectivity index (χ4v) is 5.15. The van der Waals surface area contributed by atoms with E-state index in [9.17, 15) is 24.6 Å². The average Bonchev–Trinajstić information content (AvgIpc) is 3.23. The molecule has 1 saturated carbocycles. The topological polar surface area (TPSA) is 107 Å². The fourth-order valence-electron chi connectivity index (χ4n) is 5.15. The number of likely N-dealkylation sites (tertiary alicyclic amines) is 1. The number of amides is 1. The van der Waals surface area contributed by atoms with Crippen LogP contribution in [0.2, 0.25) is 0 Å². The number of carbonyl (C=O) groups is 3. The molecule has 3 N–H and O–H groups in total. The van der Waals surface area contributed by atoms with Gasteiger partial charge in [0.25, 0.3) is 0 Å². The Kier molecular flexibility index (Phi) is 8.07. The average molecular weight is 431 g/mol. The summed E-state index contributed by atoms with van der Waals surface area (Å²) in [6.07, 6.45) is 7.21. The van der Waals surface area contributed by atoms with Gasteiger partial charge in [-0.15, -0.1) is 0 Å². The number of aryl methyl sites for hydroxylation is 1. The van der Waals surface area contributed by atoms with Crippen molar-refractivity contribution < 1.29 is 24.6 Å². The maximum atomic E-state index is 13.1. The quantitative estimate of drug-likeness (QED) is 0.556. The molecule has 4 atom stereocenters. The number of hydrogen-bond donors (Lipinski definition) is 3. The van der Waals surface area contributed by atoms with Crippen molar-refractivity contribution in [3.63, 3.8) is 0 Å². The lowest BCUT2D eigenvalue weighted by Gasteiger charge is -2.29. The lowest BCUT2D eigenvalue weighted by Crippen LogP contribution is -2.53. The molecule has 2 fully saturated rings. The Morgan fingerprint density at radius 3 is 2.35 bits per heavy atom. The van der Waals surface area contributed by atoms with Crippen LogP contribution in [0.3, 0.4) is 0 Å². The minimum atomic E-state index is -1.01. The number of aliphatic carboxylic acids is 2. The van der Waals surface area contributed by atoms with Crippen LogP contribution in [0.4, 0.5) is 0 Å². The third kappa shape index (κ3) is 6.06. The summed E-state index contributed by atoms with van der Waals surface area (Å²) in [6, 6.07) is 7.16. The normalized spacial score (nSPS) is 24.0. The van der Waals surface area contributed by atoms with Crippen molar-refractivity contribution >= 4 is 17.8 Å². The molecule has 1 unspecified atom stereocenters. The number of benzene rings is 1. The molecule has 1 amide bonds. The molecule has 0 bridgehead atoms. The number of rotatable bonds is 9. The van der Waals surface area contributed by atoms with Crippen LogP contribution in [0.15, 0.2) is 30.3 Å². The summed E-state index contributed by atoms with van der Waals surface area (Å²) in [5.41, 5.74) is 1.04. The Balaban J connectivity index is 1.61. The van der Waals surface area contributed by atoms with Gasteiger partial charge in [-0.1, -0.05) is 62.4 Å². The predicted octanol–water partition coefficient (Wildman–Crippen LogP) is 2.93. The molecule has 1 aliphatic heterocycles. The monoisotopic (exact) mass is 430 g/mol. The van der Waals surface area contributed by atoms with E-state index in [-0.39, 0.29) is 11.8 Å². The van der Waals surface area contributed by atoms with E-state index >= 15 is 0 Å². The van der Waals surface area contributed by atoms with Gasteiger partial charge in [-0.05, 0) is 43.6 Å². The van der Waals surface area contributed by atoms with Crippen LogP contribution in [0, 0.1) is 11.8 Å². The first-order chi connectivity index (χ1) is 14.9. The fraction of sp³-hybridized carbons (Fsp3) is 0.625. The van der Waals surface area contributed by atoms with Crippen LogP contribution in [-0.4, -0.2) is 57.6 Å². The van der Waals surface area contributed by atoms with Gasteiger partial charge in [-0.2, -0.15) is 0 Å². The zero-order chi connectivity index (χ0) is 22.4. The molecule has 7 nitrogen and oxygen atoms in total. The van der Waals surface area contributed by atoms with Gasteiger partial charge in [-0.25, -0.2) is 4.79 Å². The van der Waals surface area contributed by atoms with Gasteiger partial charge in [0.2, 0.25) is 5.91 Å². The summed E-state index contributed by atoms with van der Waals surface area (Å²) in [7, 11) is 0. The molecule has 0 radical (unpaired) electrons. The zero-order valence-electron chi connectivity index (χ0n) is 18.2. The minimum Gasteiger partial charge on any atom is -0.480 e. The standard InChI is InChI=1S/C24H34N2O5/c1-16(25-20(23(28)29)13-12-17-8-4-2-5-9-17)22(27)26-15-19(14-21(26)24(30)31)18-10-6-3-7-11-18/h2,4-5,8-9,16,18-21,25H,3,6-7,10-15H2,1H3,(H,28,29)(H,30,31)/t16-,19?,20-,21-/m0/s1. The largest absolute Gasteiger partial charge is 0.480 e. The first-order valence-electron chi connectivity index (χ1n) is 11.4. The van der Waals surface area contributed by atoms with Gasteiger partial charge in [0.15, 0.2) is 0 Å². The SMILES string of the molecule is C[C@H](N[C@@H](CCc1ccccc1)C(=O)O)C(=O)N1CC(C2CCCCC2)C[C@H]1C(=O)O. The van der Waals surface area contributed by atoms with E-state index in [1.807, 2.05) is 30.3 Å². The van der Waals surface area contributed by atoms with Crippen molar-refractivity contribution in [1.29, 1.82) is 0 Å². The number of carboxylic acids is 2. The molecule has 7 heteroatoms. The third-order valence-corrected chi connectivity index (χ3v) is 6.90. The van der Waals surface area contributed by atoms with Crippen LogP contribution in [0.1, 0.15) is 57.4 Å². The van der Waals surface area contributed by atoms with Gasteiger partial charge in [-0.3, -0.25) is 14.9 Å². The number of carbonyl (C=O) groups excluding carboxylic acids is 1. The van der Waals surface area contributed by atoms with Crippen LogP contribution in [0.5, 0.6) is 0 Å². The summed E-state index contributed by atoms with van der Waals surface area (Å²) < 4.78 is 0. The first-order valence-corrected chi connectivity index (χ1v) is 11.4. The van der Waals surface area contributed by atoms with Crippen LogP contribution in [-0.2, 0) is 20.8 Å². The van der Waals surface area contributed by atoms with Crippen LogP contribution >= 0.6 is 0 Å². The van der Waals surface area contributed by atoms with Crippen molar-refractivity contribution in [2.75, 3.05) is 6.54 Å². The van der Waals surface area contributed by atoms with Crippen molar-refractivity contribution in [1.82, 2.24) is 10.2 Å². The summed E-state index contributed by atoms with van der Waals surface area (Å²) in [5, 5.41) is 22.3. The second kappa shape index (κ2) is 10.8. The van der Waals surface area contributed by atoms with Gasteiger partial charge < -0.3 is 15.1 Å². The lowest BCUT2D eigenvalue weighted by molar-refractivity contribution is -0.149. The summed E-state index contributed by atoms with van der Waals surface area (Å²) in [6.45, 7) is 2.09. The molecule has 3 rings (SSSR count). The molecule has 1 saturated heterocycles. The molecular formula is C24H34N2O5. The highest BCUT2D eigenvalue weighted by molar-refractivity contribution is 5.88. The Morgan fingerprint density at radius 1 is 1.06 bits per heavy atom. The Labute approximate surface area is 183 Å². The Hall–Kier alpha value is -2.41. The van der Waals surface area contributed by atoms with E-state index in [1.165, 1.54) is 24.2 Å². The second-order valence-corrected chi connectivity index (χ2v) is 9.04. The molecule has 1 aromatic rings. The minimum absolute atomic E-state index is 0.214. The maximum Gasteiger partial charge on any atom is 0.326 e. The number of nitrogens with zero attached hydrogens (tertiary/aromatic N) is 1. The van der Waals surface area contributed by atoms with E-state index in [0.717, 1.165) is 18.4 Å². The molecule has 31 heavy (non-hydrogen) atoms. The molecule has 1 aliphatic carbocycles. The molecule has 0 aromatic heterocycles. The maximum absolute atomic E-state index is 13.1. The molecule has 1 heterocycles. The van der Waals surface area contributed by atoms with Gasteiger partial charge in [0, 0.05) is 6.54 Å². The van der Waals surface area contributed by atoms with Crippen molar-refractivity contribution in [2.24, 2.45) is 11.8 Å². The molecule has 1 aromatic carbocycles. The van der Waals surface area contributed by atoms with E-state index < -0.39 is 30.1 Å². The molecular weight excluding hydrogens is 396 g/mol. The first kappa shape index (κ1) is 23.3. The second-order valence-electron chi connectivity index (χ2n) is 9.04. The van der Waals surface area contributed by atoms with Crippen molar-refractivity contribution in [3.8, 4) is 0 Å². The Morgan fingerprint density at radius 2 is 1.74 bits per heavy atom. The summed E-state index contributed by atoms with van der Waals surface area (Å²) in [5.74, 6) is -1.61. The smallest absolute Gasteiger partial charge is 0.326 e. The summed E-state index contributed by atoms with van der Waals surface area (Å²) >= 11 is 0. The molecule has 0 spiro atoms. The molecule has 2 aliphatic rings. The third-order valence-electron chi connectivity index (χ3n) is 6.90. The highest BCUT2D eigenvalue weighted by Crippen LogP contribution is 2.37. The van der Waals surface area contributed by atoms with E-state index in [0.29, 0.717) is 31.7 Å². The van der Waals surface area contributed by atoms with Gasteiger partial charge in [0.05, 0.1) is 6.04 Å². The predicted molar refractivity (Wildman–Crippen MR) is 117 cm³/mol. The number of hydrogen-bond acceptors (Lipinski definition) is 4.